The number of hydrogen-bond donors (Lipinski definition) is 1. The van der Waals surface area contributed by atoms with E-state index in [2.05, 4.69) is 20.2 Å². The fraction of sp³-hybridized carbons (Fsp3) is 0.583. The van der Waals surface area contributed by atoms with Crippen LogP contribution in [0.1, 0.15) is 16.2 Å². The lowest BCUT2D eigenvalue weighted by Gasteiger charge is -2.17. The fourth-order valence-corrected chi connectivity index (χ4v) is 1.77. The van der Waals surface area contributed by atoms with E-state index in [9.17, 15) is 4.79 Å². The average molecular weight is 287 g/mol. The van der Waals surface area contributed by atoms with Crippen LogP contribution in [-0.2, 0) is 4.74 Å². The van der Waals surface area contributed by atoms with Crippen LogP contribution in [0.25, 0.3) is 0 Å². The quantitative estimate of drug-likeness (QED) is 0.573. The van der Waals surface area contributed by atoms with Crippen molar-refractivity contribution in [2.45, 2.75) is 6.92 Å². The molecule has 1 N–H and O–H groups in total. The van der Waals surface area contributed by atoms with Crippen LogP contribution in [0.4, 0.5) is 5.82 Å². The van der Waals surface area contributed by atoms with Gasteiger partial charge in [0.05, 0.1) is 12.2 Å². The smallest absolute Gasteiger partial charge is 0.156 e. The summed E-state index contributed by atoms with van der Waals surface area (Å²) in [5, 5.41) is 3.28. The summed E-state index contributed by atoms with van der Waals surface area (Å²) >= 11 is 5.90. The van der Waals surface area contributed by atoms with Gasteiger partial charge in [-0.1, -0.05) is 11.6 Å². The van der Waals surface area contributed by atoms with Crippen molar-refractivity contribution in [2.24, 2.45) is 0 Å². The van der Waals surface area contributed by atoms with Gasteiger partial charge >= 0.3 is 0 Å². The van der Waals surface area contributed by atoms with Crippen LogP contribution in [0.5, 0.6) is 0 Å². The highest BCUT2D eigenvalue weighted by Gasteiger charge is 2.10. The van der Waals surface area contributed by atoms with Crippen LogP contribution in [0.2, 0.25) is 5.15 Å². The Bertz CT molecular complexity index is 428. The van der Waals surface area contributed by atoms with Gasteiger partial charge < -0.3 is 15.0 Å². The van der Waals surface area contributed by atoms with Crippen molar-refractivity contribution in [1.29, 1.82) is 0 Å². The van der Waals surface area contributed by atoms with Crippen LogP contribution in [0.15, 0.2) is 0 Å². The number of aryl methyl sites for hydroxylation is 1. The van der Waals surface area contributed by atoms with Crippen molar-refractivity contribution < 1.29 is 9.53 Å². The maximum Gasteiger partial charge on any atom is 0.156 e. The number of carbonyl (C=O) groups is 1. The topological polar surface area (TPSA) is 67.3 Å². The number of halogens is 1. The molecule has 0 spiro atoms. The Kier molecular flexibility index (Phi) is 6.69. The van der Waals surface area contributed by atoms with Gasteiger partial charge in [0.1, 0.15) is 16.8 Å². The molecule has 0 unspecified atom stereocenters. The summed E-state index contributed by atoms with van der Waals surface area (Å²) in [6, 6.07) is 0. The Labute approximate surface area is 118 Å². The molecule has 0 aliphatic rings. The lowest BCUT2D eigenvalue weighted by atomic mass is 10.3. The molecule has 0 aromatic carbocycles. The molecule has 7 heteroatoms. The number of hydrogen-bond acceptors (Lipinski definition) is 6. The number of ether oxygens (including phenoxy) is 1. The second-order valence-corrected chi connectivity index (χ2v) is 4.52. The second-order valence-electron chi connectivity index (χ2n) is 4.16. The molecule has 0 atom stereocenters. The normalized spacial score (nSPS) is 10.8. The minimum atomic E-state index is 0.178. The van der Waals surface area contributed by atoms with E-state index in [0.717, 1.165) is 13.1 Å². The summed E-state index contributed by atoms with van der Waals surface area (Å²) < 4.78 is 5.00. The number of carbonyl (C=O) groups excluding carboxylic acids is 1. The van der Waals surface area contributed by atoms with E-state index in [1.807, 2.05) is 7.05 Å². The number of anilines is 1. The number of nitrogens with one attached hydrogen (secondary N) is 1. The molecule has 1 aromatic rings. The van der Waals surface area contributed by atoms with Crippen LogP contribution in [-0.4, -0.2) is 61.6 Å². The molecule has 0 radical (unpaired) electrons. The zero-order valence-electron chi connectivity index (χ0n) is 11.4. The van der Waals surface area contributed by atoms with Crippen molar-refractivity contribution in [3.05, 3.63) is 16.5 Å². The van der Waals surface area contributed by atoms with Crippen molar-refractivity contribution in [1.82, 2.24) is 14.9 Å². The molecule has 0 aliphatic heterocycles. The molecule has 0 saturated heterocycles. The van der Waals surface area contributed by atoms with Gasteiger partial charge in [-0.3, -0.25) is 4.79 Å². The van der Waals surface area contributed by atoms with Gasteiger partial charge in [0.2, 0.25) is 0 Å². The maximum absolute atomic E-state index is 11.0. The van der Waals surface area contributed by atoms with Gasteiger partial charge in [-0.25, -0.2) is 9.97 Å². The minimum absolute atomic E-state index is 0.178. The predicted octanol–water partition coefficient (Wildman–Crippen LogP) is 1.24. The molecular weight excluding hydrogens is 268 g/mol. The van der Waals surface area contributed by atoms with Crippen LogP contribution >= 0.6 is 11.6 Å². The van der Waals surface area contributed by atoms with E-state index in [0.29, 0.717) is 36.6 Å². The molecule has 0 amide bonds. The van der Waals surface area contributed by atoms with Gasteiger partial charge in [0.15, 0.2) is 6.29 Å². The molecule has 106 valence electrons. The SMILES string of the molecule is COCCN(C)CCNc1nc(C)nc(Cl)c1C=O. The summed E-state index contributed by atoms with van der Waals surface area (Å²) in [7, 11) is 3.67. The Hall–Kier alpha value is -1.24. The van der Waals surface area contributed by atoms with E-state index in [1.54, 1.807) is 14.0 Å². The molecule has 1 aromatic heterocycles. The Morgan fingerprint density at radius 3 is 2.79 bits per heavy atom. The number of aldehydes is 1. The monoisotopic (exact) mass is 286 g/mol. The fourth-order valence-electron chi connectivity index (χ4n) is 1.51. The number of nitrogens with zero attached hydrogens (tertiary/aromatic N) is 3. The van der Waals surface area contributed by atoms with E-state index in [-0.39, 0.29) is 5.15 Å². The first-order valence-electron chi connectivity index (χ1n) is 5.99. The lowest BCUT2D eigenvalue weighted by Crippen LogP contribution is -2.28. The summed E-state index contributed by atoms with van der Waals surface area (Å²) in [5.74, 6) is 1.01. The maximum atomic E-state index is 11.0. The van der Waals surface area contributed by atoms with Crippen LogP contribution in [0, 0.1) is 6.92 Å². The van der Waals surface area contributed by atoms with Gasteiger partial charge in [-0.05, 0) is 14.0 Å². The van der Waals surface area contributed by atoms with E-state index in [1.165, 1.54) is 0 Å². The third-order valence-electron chi connectivity index (χ3n) is 2.59. The third-order valence-corrected chi connectivity index (χ3v) is 2.88. The summed E-state index contributed by atoms with van der Waals surface area (Å²) in [4.78, 5) is 21.2. The van der Waals surface area contributed by atoms with Crippen molar-refractivity contribution in [3.8, 4) is 0 Å². The highest BCUT2D eigenvalue weighted by atomic mass is 35.5. The highest BCUT2D eigenvalue weighted by molar-refractivity contribution is 6.32. The van der Waals surface area contributed by atoms with E-state index in [4.69, 9.17) is 16.3 Å². The first-order valence-corrected chi connectivity index (χ1v) is 6.37. The molecule has 0 bridgehead atoms. The van der Waals surface area contributed by atoms with Gasteiger partial charge in [0, 0.05) is 26.7 Å². The average Bonchev–Trinajstić information content (AvgIpc) is 2.36. The van der Waals surface area contributed by atoms with Crippen molar-refractivity contribution >= 4 is 23.7 Å². The highest BCUT2D eigenvalue weighted by Crippen LogP contribution is 2.18. The van der Waals surface area contributed by atoms with Crippen molar-refractivity contribution in [2.75, 3.05) is 45.7 Å². The molecule has 1 heterocycles. The first kappa shape index (κ1) is 15.8. The van der Waals surface area contributed by atoms with Gasteiger partial charge in [-0.15, -0.1) is 0 Å². The zero-order valence-corrected chi connectivity index (χ0v) is 12.2. The molecule has 19 heavy (non-hydrogen) atoms. The standard InChI is InChI=1S/C12H19ClN4O2/c1-9-15-11(13)10(8-18)12(16-9)14-4-5-17(2)6-7-19-3/h8H,4-7H2,1-3H3,(H,14,15,16). The summed E-state index contributed by atoms with van der Waals surface area (Å²) in [6.07, 6.45) is 0.665. The number of rotatable bonds is 8. The summed E-state index contributed by atoms with van der Waals surface area (Å²) in [5.41, 5.74) is 0.298. The first-order chi connectivity index (χ1) is 9.08. The number of methoxy groups -OCH3 is 1. The molecular formula is C12H19ClN4O2. The third kappa shape index (κ3) is 5.10. The number of likely N-dealkylation sites (N-methyl/N-ethyl adjacent to an activating group) is 1. The molecule has 0 saturated carbocycles. The molecule has 1 rings (SSSR count). The Morgan fingerprint density at radius 1 is 1.42 bits per heavy atom. The lowest BCUT2D eigenvalue weighted by molar-refractivity contribution is 0.112. The zero-order chi connectivity index (χ0) is 14.3. The second kappa shape index (κ2) is 8.04. The van der Waals surface area contributed by atoms with Gasteiger partial charge in [0.25, 0.3) is 0 Å². The minimum Gasteiger partial charge on any atom is -0.383 e. The predicted molar refractivity (Wildman–Crippen MR) is 75.0 cm³/mol. The van der Waals surface area contributed by atoms with Gasteiger partial charge in [-0.2, -0.15) is 0 Å². The Balaban J connectivity index is 2.55. The molecule has 0 aliphatic carbocycles. The van der Waals surface area contributed by atoms with E-state index < -0.39 is 0 Å². The molecule has 0 fully saturated rings. The van der Waals surface area contributed by atoms with Crippen LogP contribution in [0.3, 0.4) is 0 Å². The number of aromatic nitrogens is 2. The Morgan fingerprint density at radius 2 is 2.16 bits per heavy atom. The van der Waals surface area contributed by atoms with Crippen LogP contribution < -0.4 is 5.32 Å². The van der Waals surface area contributed by atoms with E-state index >= 15 is 0 Å². The largest absolute Gasteiger partial charge is 0.383 e. The molecule has 6 nitrogen and oxygen atoms in total. The van der Waals surface area contributed by atoms with Crippen molar-refractivity contribution in [3.63, 3.8) is 0 Å². The summed E-state index contributed by atoms with van der Waals surface area (Å²) in [6.45, 7) is 4.74.